The molecule has 0 spiro atoms. The van der Waals surface area contributed by atoms with Crippen LogP contribution in [0.5, 0.6) is 0 Å². The fourth-order valence-electron chi connectivity index (χ4n) is 5.76. The van der Waals surface area contributed by atoms with Gasteiger partial charge in [-0.15, -0.1) is 0 Å². The molecule has 1 saturated heterocycles. The monoisotopic (exact) mass is 497 g/mol. The van der Waals surface area contributed by atoms with Gasteiger partial charge < -0.3 is 19.8 Å². The number of fused-ring (bicyclic) bond motifs is 2. The summed E-state index contributed by atoms with van der Waals surface area (Å²) in [6, 6.07) is 3.19. The molecule has 0 bridgehead atoms. The van der Waals surface area contributed by atoms with E-state index in [1.807, 2.05) is 4.90 Å². The van der Waals surface area contributed by atoms with Crippen LogP contribution < -0.4 is 5.32 Å². The normalized spacial score (nSPS) is 22.2. The first-order chi connectivity index (χ1) is 17.2. The van der Waals surface area contributed by atoms with Crippen molar-refractivity contribution in [2.24, 2.45) is 0 Å². The molecule has 1 amide bonds. The van der Waals surface area contributed by atoms with Crippen molar-refractivity contribution in [1.82, 2.24) is 29.4 Å². The van der Waals surface area contributed by atoms with E-state index in [0.717, 1.165) is 25.8 Å². The smallest absolute Gasteiger partial charge is 0.256 e. The number of amides is 1. The molecule has 0 atom stereocenters. The van der Waals surface area contributed by atoms with Crippen LogP contribution in [-0.2, 0) is 11.3 Å². The minimum atomic E-state index is -2.58. The number of anilines is 1. The fraction of sp³-hybridized carbons (Fsp3) is 0.440. The predicted octanol–water partition coefficient (Wildman–Crippen LogP) is 4.64. The van der Waals surface area contributed by atoms with Gasteiger partial charge >= 0.3 is 0 Å². The number of aromatic nitrogens is 5. The molecule has 4 heterocycles. The number of hydrogen-bond donors (Lipinski definition) is 2. The number of carbonyl (C=O) groups excluding carboxylic acids is 1. The van der Waals surface area contributed by atoms with Gasteiger partial charge in [-0.3, -0.25) is 4.79 Å². The van der Waals surface area contributed by atoms with Gasteiger partial charge in [0.05, 0.1) is 12.1 Å². The number of benzene rings is 1. The summed E-state index contributed by atoms with van der Waals surface area (Å²) in [6.45, 7) is 3.98. The van der Waals surface area contributed by atoms with E-state index in [1.54, 1.807) is 25.4 Å². The van der Waals surface area contributed by atoms with E-state index in [4.69, 9.17) is 0 Å². The molecule has 8 nitrogen and oxygen atoms in total. The number of aromatic amines is 1. The average Bonchev–Trinajstić information content (AvgIpc) is 3.50. The summed E-state index contributed by atoms with van der Waals surface area (Å²) in [6.07, 6.45) is 4.03. The number of hydrogen-bond acceptors (Lipinski definition) is 5. The number of nitrogens with zero attached hydrogens (tertiary/aromatic N) is 5. The van der Waals surface area contributed by atoms with E-state index in [1.165, 1.54) is 10.6 Å². The minimum absolute atomic E-state index is 0.0719. The number of alkyl halides is 2. The molecule has 2 aliphatic rings. The minimum Gasteiger partial charge on any atom is -0.351 e. The molecule has 1 aliphatic heterocycles. The molecule has 1 saturated carbocycles. The Balaban J connectivity index is 1.25. The van der Waals surface area contributed by atoms with Crippen LogP contribution >= 0.6 is 0 Å². The van der Waals surface area contributed by atoms with Crippen molar-refractivity contribution in [3.05, 3.63) is 36.2 Å². The molecule has 188 valence electrons. The second-order valence-corrected chi connectivity index (χ2v) is 10.0. The number of likely N-dealkylation sites (tertiary alicyclic amines) is 1. The molecule has 1 aliphatic carbocycles. The van der Waals surface area contributed by atoms with E-state index in [0.29, 0.717) is 45.9 Å². The zero-order valence-corrected chi connectivity index (χ0v) is 20.0. The van der Waals surface area contributed by atoms with Gasteiger partial charge in [0.2, 0.25) is 11.9 Å². The van der Waals surface area contributed by atoms with Crippen LogP contribution in [0.3, 0.4) is 0 Å². The maximum atomic E-state index is 14.9. The topological polar surface area (TPSA) is 91.7 Å². The van der Waals surface area contributed by atoms with E-state index >= 15 is 0 Å². The molecule has 4 aromatic rings. The summed E-state index contributed by atoms with van der Waals surface area (Å²) in [7, 11) is 0. The van der Waals surface area contributed by atoms with Crippen LogP contribution in [0, 0.1) is 12.7 Å². The Bertz CT molecular complexity index is 1490. The highest BCUT2D eigenvalue weighted by molar-refractivity contribution is 5.96. The molecule has 11 heteroatoms. The SMILES string of the molecule is Cc1nc2c(F)cc(-c3c[nH]c4nc(N[C@H]5C[C@](C)(N6CCCC6=O)C5)ncc34)cc2n1CC(F)F. The van der Waals surface area contributed by atoms with Crippen LogP contribution in [0.15, 0.2) is 24.5 Å². The Hall–Kier alpha value is -3.63. The average molecular weight is 498 g/mol. The molecule has 36 heavy (non-hydrogen) atoms. The summed E-state index contributed by atoms with van der Waals surface area (Å²) in [5, 5.41) is 4.04. The highest BCUT2D eigenvalue weighted by atomic mass is 19.3. The van der Waals surface area contributed by atoms with Crippen molar-refractivity contribution in [3.8, 4) is 11.1 Å². The predicted molar refractivity (Wildman–Crippen MR) is 129 cm³/mol. The Labute approximate surface area is 204 Å². The van der Waals surface area contributed by atoms with Crippen molar-refractivity contribution in [2.75, 3.05) is 11.9 Å². The lowest BCUT2D eigenvalue weighted by Crippen LogP contribution is -2.59. The summed E-state index contributed by atoms with van der Waals surface area (Å²) < 4.78 is 42.4. The number of rotatable bonds is 6. The lowest BCUT2D eigenvalue weighted by molar-refractivity contribution is -0.136. The molecule has 2 fully saturated rings. The summed E-state index contributed by atoms with van der Waals surface area (Å²) in [5.74, 6) is 0.467. The highest BCUT2D eigenvalue weighted by Crippen LogP contribution is 2.41. The molecule has 2 N–H and O–H groups in total. The third-order valence-electron chi connectivity index (χ3n) is 7.49. The third-order valence-corrected chi connectivity index (χ3v) is 7.49. The third kappa shape index (κ3) is 3.68. The second-order valence-electron chi connectivity index (χ2n) is 10.0. The lowest BCUT2D eigenvalue weighted by atomic mass is 9.73. The molecule has 1 aromatic carbocycles. The lowest BCUT2D eigenvalue weighted by Gasteiger charge is -2.51. The van der Waals surface area contributed by atoms with E-state index in [9.17, 15) is 18.0 Å². The number of carbonyl (C=O) groups is 1. The van der Waals surface area contributed by atoms with Gasteiger partial charge in [-0.05, 0) is 50.8 Å². The maximum absolute atomic E-state index is 14.9. The molecule has 3 aromatic heterocycles. The number of H-pyrrole nitrogens is 1. The number of imidazole rings is 1. The van der Waals surface area contributed by atoms with Crippen molar-refractivity contribution >= 4 is 33.9 Å². The van der Waals surface area contributed by atoms with Crippen LogP contribution in [0.25, 0.3) is 33.2 Å². The molecular weight excluding hydrogens is 471 g/mol. The zero-order valence-electron chi connectivity index (χ0n) is 20.0. The van der Waals surface area contributed by atoms with E-state index in [2.05, 4.69) is 32.2 Å². The second kappa shape index (κ2) is 8.21. The van der Waals surface area contributed by atoms with E-state index < -0.39 is 18.8 Å². The molecule has 6 rings (SSSR count). The Kier molecular flexibility index (Phi) is 5.20. The first kappa shape index (κ1) is 22.8. The van der Waals surface area contributed by atoms with Gasteiger partial charge in [-0.2, -0.15) is 4.98 Å². The van der Waals surface area contributed by atoms with E-state index in [-0.39, 0.29) is 23.0 Å². The quantitative estimate of drug-likeness (QED) is 0.405. The van der Waals surface area contributed by atoms with Gasteiger partial charge in [0, 0.05) is 47.9 Å². The Morgan fingerprint density at radius 1 is 1.28 bits per heavy atom. The van der Waals surface area contributed by atoms with Crippen molar-refractivity contribution < 1.29 is 18.0 Å². The molecular formula is C25H26F3N7O. The van der Waals surface area contributed by atoms with Crippen molar-refractivity contribution in [2.45, 2.75) is 64.1 Å². The van der Waals surface area contributed by atoms with Gasteiger partial charge in [-0.25, -0.2) is 23.1 Å². The van der Waals surface area contributed by atoms with Crippen LogP contribution in [0.1, 0.15) is 38.4 Å². The largest absolute Gasteiger partial charge is 0.351 e. The Morgan fingerprint density at radius 2 is 2.08 bits per heavy atom. The number of nitrogens with one attached hydrogen (secondary N) is 2. The van der Waals surface area contributed by atoms with Gasteiger partial charge in [0.1, 0.15) is 17.0 Å². The van der Waals surface area contributed by atoms with Gasteiger partial charge in [0.15, 0.2) is 5.82 Å². The summed E-state index contributed by atoms with van der Waals surface area (Å²) in [4.78, 5) is 30.4. The van der Waals surface area contributed by atoms with Crippen LogP contribution in [-0.4, -0.2) is 59.9 Å². The number of halogens is 3. The summed E-state index contributed by atoms with van der Waals surface area (Å²) >= 11 is 0. The zero-order chi connectivity index (χ0) is 25.2. The van der Waals surface area contributed by atoms with Crippen molar-refractivity contribution in [1.29, 1.82) is 0 Å². The Morgan fingerprint density at radius 3 is 2.81 bits per heavy atom. The highest BCUT2D eigenvalue weighted by Gasteiger charge is 2.48. The fourth-order valence-corrected chi connectivity index (χ4v) is 5.76. The van der Waals surface area contributed by atoms with Gasteiger partial charge in [0.25, 0.3) is 6.43 Å². The van der Waals surface area contributed by atoms with Crippen LogP contribution in [0.2, 0.25) is 0 Å². The molecule has 0 radical (unpaired) electrons. The van der Waals surface area contributed by atoms with Gasteiger partial charge in [-0.1, -0.05) is 0 Å². The summed E-state index contributed by atoms with van der Waals surface area (Å²) in [5.41, 5.74) is 2.05. The van der Waals surface area contributed by atoms with Crippen LogP contribution in [0.4, 0.5) is 19.1 Å². The first-order valence-corrected chi connectivity index (χ1v) is 12.1. The first-order valence-electron chi connectivity index (χ1n) is 12.1. The van der Waals surface area contributed by atoms with Crippen molar-refractivity contribution in [3.63, 3.8) is 0 Å². The standard InChI is InChI=1S/C25H26F3N7O/c1-13-31-22-18(26)6-14(7-19(22)34(13)12-20(27)28)16-10-29-23-17(16)11-30-24(33-23)32-15-8-25(2,9-15)35-5-3-4-21(35)36/h6-7,10-11,15,20H,3-5,8-9,12H2,1-2H3,(H2,29,30,32,33)/t15-,25-. The number of aryl methyl sites for hydroxylation is 1. The maximum Gasteiger partial charge on any atom is 0.256 e. The molecule has 0 unspecified atom stereocenters.